The summed E-state index contributed by atoms with van der Waals surface area (Å²) < 4.78 is 0. The first kappa shape index (κ1) is 18.0. The Bertz CT molecular complexity index is 807. The molecule has 0 aliphatic carbocycles. The largest absolute Gasteiger partial charge is 0.378 e. The summed E-state index contributed by atoms with van der Waals surface area (Å²) in [6, 6.07) is 13.7. The highest BCUT2D eigenvalue weighted by Gasteiger charge is 2.35. The predicted octanol–water partition coefficient (Wildman–Crippen LogP) is 3.36. The van der Waals surface area contributed by atoms with Gasteiger partial charge in [0.2, 0.25) is 11.8 Å². The van der Waals surface area contributed by atoms with Crippen LogP contribution in [0.1, 0.15) is 17.5 Å². The molecule has 3 rings (SSSR count). The van der Waals surface area contributed by atoms with Gasteiger partial charge in [0.15, 0.2) is 0 Å². The van der Waals surface area contributed by atoms with Gasteiger partial charge < -0.3 is 15.1 Å². The molecule has 1 aliphatic rings. The van der Waals surface area contributed by atoms with E-state index in [1.807, 2.05) is 69.2 Å². The molecule has 0 saturated carbocycles. The number of benzene rings is 2. The minimum Gasteiger partial charge on any atom is -0.378 e. The highest BCUT2D eigenvalue weighted by Crippen LogP contribution is 2.28. The van der Waals surface area contributed by atoms with Crippen LogP contribution < -0.4 is 15.1 Å². The van der Waals surface area contributed by atoms with Crippen molar-refractivity contribution >= 4 is 28.9 Å². The molecule has 1 saturated heterocycles. The summed E-state index contributed by atoms with van der Waals surface area (Å²) in [5.74, 6) is -0.447. The molecule has 2 amide bonds. The molecule has 2 aromatic carbocycles. The average molecular weight is 351 g/mol. The third kappa shape index (κ3) is 3.87. The Morgan fingerprint density at radius 2 is 1.69 bits per heavy atom. The summed E-state index contributed by atoms with van der Waals surface area (Å²) in [7, 11) is 3.94. The van der Waals surface area contributed by atoms with Crippen LogP contribution in [0.5, 0.6) is 0 Å². The van der Waals surface area contributed by atoms with Crippen LogP contribution in [-0.4, -0.2) is 32.5 Å². The molecule has 26 heavy (non-hydrogen) atoms. The van der Waals surface area contributed by atoms with Crippen molar-refractivity contribution in [1.29, 1.82) is 0 Å². The van der Waals surface area contributed by atoms with Gasteiger partial charge in [-0.15, -0.1) is 0 Å². The lowest BCUT2D eigenvalue weighted by molar-refractivity contribution is -0.122. The zero-order chi connectivity index (χ0) is 18.8. The molecule has 2 aromatic rings. The number of carbonyl (C=O) groups is 2. The van der Waals surface area contributed by atoms with Crippen LogP contribution >= 0.6 is 0 Å². The van der Waals surface area contributed by atoms with E-state index in [0.29, 0.717) is 6.54 Å². The maximum atomic E-state index is 12.6. The van der Waals surface area contributed by atoms with Gasteiger partial charge >= 0.3 is 0 Å². The fourth-order valence-corrected chi connectivity index (χ4v) is 3.33. The van der Waals surface area contributed by atoms with Crippen LogP contribution in [0.15, 0.2) is 42.5 Å². The van der Waals surface area contributed by atoms with Crippen molar-refractivity contribution in [2.24, 2.45) is 5.92 Å². The van der Waals surface area contributed by atoms with Gasteiger partial charge in [-0.1, -0.05) is 6.07 Å². The second kappa shape index (κ2) is 7.20. The number of amides is 2. The van der Waals surface area contributed by atoms with Gasteiger partial charge in [-0.25, -0.2) is 0 Å². The summed E-state index contributed by atoms with van der Waals surface area (Å²) in [5.41, 5.74) is 4.92. The third-order valence-electron chi connectivity index (χ3n) is 4.67. The molecule has 0 aromatic heterocycles. The van der Waals surface area contributed by atoms with E-state index in [4.69, 9.17) is 0 Å². The lowest BCUT2D eigenvalue weighted by Crippen LogP contribution is -2.28. The molecule has 1 aliphatic heterocycles. The second-order valence-electron chi connectivity index (χ2n) is 7.18. The van der Waals surface area contributed by atoms with Crippen molar-refractivity contribution in [3.8, 4) is 0 Å². The molecular formula is C21H25N3O2. The summed E-state index contributed by atoms with van der Waals surface area (Å²) >= 11 is 0. The Morgan fingerprint density at radius 3 is 2.27 bits per heavy atom. The summed E-state index contributed by atoms with van der Waals surface area (Å²) in [5, 5.41) is 2.93. The number of anilines is 3. The number of nitrogens with zero attached hydrogens (tertiary/aromatic N) is 2. The van der Waals surface area contributed by atoms with Gasteiger partial charge in [-0.05, 0) is 61.4 Å². The molecular weight excluding hydrogens is 326 g/mol. The van der Waals surface area contributed by atoms with Crippen LogP contribution in [0.4, 0.5) is 17.1 Å². The normalized spacial score (nSPS) is 16.7. The van der Waals surface area contributed by atoms with E-state index in [-0.39, 0.29) is 24.2 Å². The highest BCUT2D eigenvalue weighted by molar-refractivity contribution is 6.03. The van der Waals surface area contributed by atoms with Crippen LogP contribution in [0.25, 0.3) is 0 Å². The number of hydrogen-bond donors (Lipinski definition) is 1. The smallest absolute Gasteiger partial charge is 0.229 e. The second-order valence-corrected chi connectivity index (χ2v) is 7.18. The molecule has 5 nitrogen and oxygen atoms in total. The fraction of sp³-hybridized carbons (Fsp3) is 0.333. The Labute approximate surface area is 154 Å². The quantitative estimate of drug-likeness (QED) is 0.919. The number of hydrogen-bond acceptors (Lipinski definition) is 3. The van der Waals surface area contributed by atoms with E-state index in [0.717, 1.165) is 28.2 Å². The lowest BCUT2D eigenvalue weighted by Gasteiger charge is -2.18. The molecule has 1 atom stereocenters. The van der Waals surface area contributed by atoms with Gasteiger partial charge in [0, 0.05) is 44.1 Å². The Kier molecular flexibility index (Phi) is 4.98. The Morgan fingerprint density at radius 1 is 1.08 bits per heavy atom. The maximum absolute atomic E-state index is 12.6. The fourth-order valence-electron chi connectivity index (χ4n) is 3.33. The highest BCUT2D eigenvalue weighted by atomic mass is 16.2. The Hall–Kier alpha value is -2.82. The van der Waals surface area contributed by atoms with Crippen LogP contribution in [0.2, 0.25) is 0 Å². The Balaban J connectivity index is 1.68. The van der Waals surface area contributed by atoms with Crippen LogP contribution in [0.3, 0.4) is 0 Å². The molecule has 5 heteroatoms. The van der Waals surface area contributed by atoms with Gasteiger partial charge in [0.25, 0.3) is 0 Å². The SMILES string of the molecule is Cc1cc(C)cc(N2CC(C(=O)Nc3ccc(N(C)C)cc3)CC2=O)c1. The van der Waals surface area contributed by atoms with Crippen LogP contribution in [0, 0.1) is 19.8 Å². The van der Waals surface area contributed by atoms with Gasteiger partial charge in [0.1, 0.15) is 0 Å². The topological polar surface area (TPSA) is 52.7 Å². The van der Waals surface area contributed by atoms with Crippen LogP contribution in [-0.2, 0) is 9.59 Å². The molecule has 1 N–H and O–H groups in total. The monoisotopic (exact) mass is 351 g/mol. The maximum Gasteiger partial charge on any atom is 0.229 e. The number of aryl methyl sites for hydroxylation is 2. The van der Waals surface area contributed by atoms with Crippen molar-refractivity contribution in [3.63, 3.8) is 0 Å². The van der Waals surface area contributed by atoms with Crippen molar-refractivity contribution < 1.29 is 9.59 Å². The minimum absolute atomic E-state index is 0.00175. The zero-order valence-electron chi connectivity index (χ0n) is 15.7. The first-order chi connectivity index (χ1) is 12.3. The average Bonchev–Trinajstić information content (AvgIpc) is 2.96. The number of rotatable bonds is 4. The van der Waals surface area contributed by atoms with Gasteiger partial charge in [0.05, 0.1) is 5.92 Å². The number of nitrogens with one attached hydrogen (secondary N) is 1. The summed E-state index contributed by atoms with van der Waals surface area (Å²) in [6.07, 6.45) is 0.245. The van der Waals surface area contributed by atoms with Gasteiger partial charge in [-0.3, -0.25) is 9.59 Å². The summed E-state index contributed by atoms with van der Waals surface area (Å²) in [4.78, 5) is 28.7. The standard InChI is InChI=1S/C21H25N3O2/c1-14-9-15(2)11-19(10-14)24-13-16(12-20(24)25)21(26)22-17-5-7-18(8-6-17)23(3)4/h5-11,16H,12-13H2,1-4H3,(H,22,26). The van der Waals surface area contributed by atoms with E-state index in [2.05, 4.69) is 11.4 Å². The van der Waals surface area contributed by atoms with E-state index < -0.39 is 0 Å². The molecule has 0 spiro atoms. The first-order valence-electron chi connectivity index (χ1n) is 8.80. The van der Waals surface area contributed by atoms with Crippen molar-refractivity contribution in [2.45, 2.75) is 20.3 Å². The molecule has 136 valence electrons. The van der Waals surface area contributed by atoms with E-state index in [1.54, 1.807) is 4.90 Å². The first-order valence-corrected chi connectivity index (χ1v) is 8.80. The van der Waals surface area contributed by atoms with Crippen molar-refractivity contribution in [3.05, 3.63) is 53.6 Å². The van der Waals surface area contributed by atoms with E-state index >= 15 is 0 Å². The molecule has 1 unspecified atom stereocenters. The zero-order valence-corrected chi connectivity index (χ0v) is 15.7. The van der Waals surface area contributed by atoms with Crippen molar-refractivity contribution in [2.75, 3.05) is 35.8 Å². The minimum atomic E-state index is -0.336. The molecule has 1 heterocycles. The van der Waals surface area contributed by atoms with Gasteiger partial charge in [-0.2, -0.15) is 0 Å². The third-order valence-corrected chi connectivity index (χ3v) is 4.67. The molecule has 1 fully saturated rings. The summed E-state index contributed by atoms with van der Waals surface area (Å²) in [6.45, 7) is 4.45. The lowest BCUT2D eigenvalue weighted by atomic mass is 10.1. The molecule has 0 radical (unpaired) electrons. The van der Waals surface area contributed by atoms with E-state index in [1.165, 1.54) is 0 Å². The van der Waals surface area contributed by atoms with E-state index in [9.17, 15) is 9.59 Å². The number of carbonyl (C=O) groups excluding carboxylic acids is 2. The molecule has 0 bridgehead atoms. The van der Waals surface area contributed by atoms with Crippen molar-refractivity contribution in [1.82, 2.24) is 0 Å². The predicted molar refractivity (Wildman–Crippen MR) is 106 cm³/mol.